The normalized spacial score (nSPS) is 27.2. The van der Waals surface area contributed by atoms with Gasteiger partial charge in [-0.1, -0.05) is 0 Å². The highest BCUT2D eigenvalue weighted by Gasteiger charge is 2.37. The summed E-state index contributed by atoms with van der Waals surface area (Å²) in [6.45, 7) is 5.76. The van der Waals surface area contributed by atoms with Gasteiger partial charge in [0.15, 0.2) is 0 Å². The molecule has 0 spiro atoms. The van der Waals surface area contributed by atoms with E-state index in [4.69, 9.17) is 27.9 Å². The molecule has 0 saturated heterocycles. The van der Waals surface area contributed by atoms with E-state index in [1.165, 1.54) is 6.07 Å². The van der Waals surface area contributed by atoms with Gasteiger partial charge in [-0.3, -0.25) is 4.99 Å². The summed E-state index contributed by atoms with van der Waals surface area (Å²) in [4.78, 5) is 25.2. The van der Waals surface area contributed by atoms with Crippen LogP contribution in [0, 0.1) is 0 Å². The van der Waals surface area contributed by atoms with E-state index in [0.29, 0.717) is 29.3 Å². The molecule has 2 aliphatic rings. The molecule has 3 heterocycles. The number of hydrogen-bond acceptors (Lipinski definition) is 5. The summed E-state index contributed by atoms with van der Waals surface area (Å²) in [6.07, 6.45) is 2.21. The summed E-state index contributed by atoms with van der Waals surface area (Å²) < 4.78 is 7.77. The van der Waals surface area contributed by atoms with E-state index in [0.717, 1.165) is 11.1 Å². The summed E-state index contributed by atoms with van der Waals surface area (Å²) in [6, 6.07) is 1.39. The molecule has 28 heavy (non-hydrogen) atoms. The highest BCUT2D eigenvalue weighted by atomic mass is 35.5. The number of hydrogen-bond donors (Lipinski definition) is 1. The lowest BCUT2D eigenvalue weighted by molar-refractivity contribution is 0.0685. The molecule has 0 aliphatic carbocycles. The maximum atomic E-state index is 11.8. The minimum atomic E-state index is -1.05. The van der Waals surface area contributed by atoms with Crippen LogP contribution < -0.4 is 4.74 Å². The number of alkyl halides is 2. The molecule has 1 aromatic carbocycles. The largest absolute Gasteiger partial charge is 0.486 e. The number of aromatic nitrogens is 2. The smallest absolute Gasteiger partial charge is 0.339 e. The Hall–Kier alpha value is -2.12. The lowest BCUT2D eigenvalue weighted by Crippen LogP contribution is -2.37. The molecule has 7 nitrogen and oxygen atoms in total. The molecule has 2 aromatic rings. The van der Waals surface area contributed by atoms with Crippen molar-refractivity contribution in [1.29, 1.82) is 0 Å². The van der Waals surface area contributed by atoms with Crippen LogP contribution in [0.4, 0.5) is 5.95 Å². The number of ether oxygens (including phenoxy) is 1. The van der Waals surface area contributed by atoms with E-state index in [1.54, 1.807) is 6.21 Å². The first-order valence-corrected chi connectivity index (χ1v) is 9.81. The fourth-order valence-electron chi connectivity index (χ4n) is 3.72. The number of fused-ring (bicyclic) bond motifs is 3. The van der Waals surface area contributed by atoms with E-state index in [9.17, 15) is 9.90 Å². The van der Waals surface area contributed by atoms with E-state index < -0.39 is 22.3 Å². The van der Waals surface area contributed by atoms with Gasteiger partial charge in [-0.25, -0.2) is 14.8 Å². The predicted octanol–water partition coefficient (Wildman–Crippen LogP) is 3.75. The zero-order valence-corrected chi connectivity index (χ0v) is 17.4. The third kappa shape index (κ3) is 2.97. The second kappa shape index (κ2) is 6.46. The van der Waals surface area contributed by atoms with Crippen molar-refractivity contribution in [3.8, 4) is 5.75 Å². The Balaban J connectivity index is 1.92. The van der Waals surface area contributed by atoms with Crippen LogP contribution in [0.3, 0.4) is 0 Å². The predicted molar refractivity (Wildman–Crippen MR) is 110 cm³/mol. The Kier molecular flexibility index (Phi) is 4.43. The number of nitrogens with zero attached hydrogens (tertiary/aromatic N) is 4. The Morgan fingerprint density at radius 3 is 2.82 bits per heavy atom. The van der Waals surface area contributed by atoms with Crippen molar-refractivity contribution in [2.24, 2.45) is 17.0 Å². The molecule has 2 aliphatic heterocycles. The second-order valence-corrected chi connectivity index (χ2v) is 8.73. The van der Waals surface area contributed by atoms with Crippen molar-refractivity contribution in [2.45, 2.75) is 49.6 Å². The summed E-state index contributed by atoms with van der Waals surface area (Å²) in [5.74, 6) is -0.234. The summed E-state index contributed by atoms with van der Waals surface area (Å²) in [5, 5.41) is 8.67. The zero-order valence-electron chi connectivity index (χ0n) is 15.9. The van der Waals surface area contributed by atoms with Gasteiger partial charge in [-0.15, -0.1) is 23.2 Å². The lowest BCUT2D eigenvalue weighted by atomic mass is 9.99. The second-order valence-electron chi connectivity index (χ2n) is 7.79. The molecular formula is C19H20Cl2N4O3. The van der Waals surface area contributed by atoms with Crippen LogP contribution in [0.5, 0.6) is 5.75 Å². The monoisotopic (exact) mass is 422 g/mol. The number of carboxylic acids is 1. The highest BCUT2D eigenvalue weighted by molar-refractivity contribution is 6.47. The van der Waals surface area contributed by atoms with Crippen LogP contribution in [0.15, 0.2) is 16.1 Å². The quantitative estimate of drug-likeness (QED) is 0.746. The summed E-state index contributed by atoms with van der Waals surface area (Å²) in [5.41, 5.74) is 2.37. The standard InChI is InChI=1S/C19H20Cl2N4O3/c1-8-13(21)14(11(20)7-22-8)24-18-23-12-5-9(17(26)27)16-10(15(12)25(18)4)6-19(2,3)28-16/h5,7-8,11,13H,6H2,1-4H3,(H,26,27). The number of benzene rings is 1. The van der Waals surface area contributed by atoms with Crippen LogP contribution in [0.25, 0.3) is 11.0 Å². The molecule has 0 bridgehead atoms. The molecule has 1 N–H and O–H groups in total. The molecule has 1 aromatic heterocycles. The van der Waals surface area contributed by atoms with Crippen molar-refractivity contribution < 1.29 is 14.6 Å². The van der Waals surface area contributed by atoms with E-state index in [-0.39, 0.29) is 11.6 Å². The Morgan fingerprint density at radius 2 is 2.14 bits per heavy atom. The number of aromatic carboxylic acids is 1. The van der Waals surface area contributed by atoms with Crippen molar-refractivity contribution in [1.82, 2.24) is 9.55 Å². The van der Waals surface area contributed by atoms with Gasteiger partial charge < -0.3 is 14.4 Å². The third-order valence-corrected chi connectivity index (χ3v) is 5.99. The van der Waals surface area contributed by atoms with E-state index in [2.05, 4.69) is 15.0 Å². The number of imidazole rings is 1. The SMILES string of the molecule is CC1N=CC(Cl)C(=Nc2nc3cc(C(=O)O)c4c(c3n2C)CC(C)(C)O4)C1Cl. The molecule has 0 saturated carbocycles. The van der Waals surface area contributed by atoms with Gasteiger partial charge in [0.05, 0.1) is 28.2 Å². The average Bonchev–Trinajstić information content (AvgIpc) is 3.09. The van der Waals surface area contributed by atoms with Crippen LogP contribution in [0.2, 0.25) is 0 Å². The summed E-state index contributed by atoms with van der Waals surface area (Å²) in [7, 11) is 1.84. The molecule has 0 amide bonds. The van der Waals surface area contributed by atoms with Gasteiger partial charge in [0.1, 0.15) is 22.3 Å². The van der Waals surface area contributed by atoms with Gasteiger partial charge in [0.25, 0.3) is 0 Å². The van der Waals surface area contributed by atoms with Gasteiger partial charge in [-0.05, 0) is 26.8 Å². The van der Waals surface area contributed by atoms with E-state index >= 15 is 0 Å². The van der Waals surface area contributed by atoms with Gasteiger partial charge in [-0.2, -0.15) is 0 Å². The number of aryl methyl sites for hydroxylation is 1. The number of carbonyl (C=O) groups is 1. The van der Waals surface area contributed by atoms with E-state index in [1.807, 2.05) is 32.4 Å². The topological polar surface area (TPSA) is 89.1 Å². The zero-order chi connectivity index (χ0) is 20.4. The van der Waals surface area contributed by atoms with Gasteiger partial charge in [0.2, 0.25) is 5.95 Å². The number of rotatable bonds is 2. The molecule has 0 radical (unpaired) electrons. The van der Waals surface area contributed by atoms with Crippen molar-refractivity contribution >= 4 is 58.1 Å². The molecule has 3 atom stereocenters. The fraction of sp³-hybridized carbons (Fsp3) is 0.474. The minimum absolute atomic E-state index is 0.106. The third-order valence-electron chi connectivity index (χ3n) is 5.07. The molecule has 4 rings (SSSR count). The lowest BCUT2D eigenvalue weighted by Gasteiger charge is -2.23. The number of carboxylic acid groups (broad SMARTS) is 1. The Labute approximate surface area is 172 Å². The first kappa shape index (κ1) is 19.2. The molecule has 0 fully saturated rings. The van der Waals surface area contributed by atoms with Crippen LogP contribution in [-0.2, 0) is 13.5 Å². The van der Waals surface area contributed by atoms with Gasteiger partial charge >= 0.3 is 5.97 Å². The maximum Gasteiger partial charge on any atom is 0.339 e. The number of halogens is 2. The van der Waals surface area contributed by atoms with Gasteiger partial charge in [0, 0.05) is 25.2 Å². The van der Waals surface area contributed by atoms with Crippen molar-refractivity contribution in [3.05, 3.63) is 17.2 Å². The average molecular weight is 423 g/mol. The summed E-state index contributed by atoms with van der Waals surface area (Å²) >= 11 is 12.8. The van der Waals surface area contributed by atoms with Crippen molar-refractivity contribution in [3.63, 3.8) is 0 Å². The minimum Gasteiger partial charge on any atom is -0.486 e. The molecule has 9 heteroatoms. The fourth-order valence-corrected chi connectivity index (χ4v) is 4.28. The molecular weight excluding hydrogens is 403 g/mol. The van der Waals surface area contributed by atoms with Crippen LogP contribution >= 0.6 is 23.2 Å². The van der Waals surface area contributed by atoms with Crippen LogP contribution in [0.1, 0.15) is 36.7 Å². The first-order chi connectivity index (χ1) is 13.1. The Bertz CT molecular complexity index is 1060. The highest BCUT2D eigenvalue weighted by Crippen LogP contribution is 2.43. The Morgan fingerprint density at radius 1 is 1.43 bits per heavy atom. The number of aliphatic imine (C=N–C) groups is 2. The van der Waals surface area contributed by atoms with Crippen LogP contribution in [-0.4, -0.2) is 55.0 Å². The molecule has 148 valence electrons. The van der Waals surface area contributed by atoms with Crippen molar-refractivity contribution in [2.75, 3.05) is 0 Å². The maximum absolute atomic E-state index is 11.8. The molecule has 3 unspecified atom stereocenters. The first-order valence-electron chi connectivity index (χ1n) is 8.93.